The Hall–Kier alpha value is -3.54. The van der Waals surface area contributed by atoms with Gasteiger partial charge in [0.2, 0.25) is 0 Å². The van der Waals surface area contributed by atoms with E-state index < -0.39 is 0 Å². The number of nitrogens with one attached hydrogen (secondary N) is 2. The van der Waals surface area contributed by atoms with Crippen LogP contribution in [0.4, 0.5) is 17.1 Å². The molecule has 0 unspecified atom stereocenters. The molecule has 1 heterocycles. The first-order valence-electron chi connectivity index (χ1n) is 8.84. The summed E-state index contributed by atoms with van der Waals surface area (Å²) in [6.07, 6.45) is 1.61. The van der Waals surface area contributed by atoms with Gasteiger partial charge in [0.1, 0.15) is 5.69 Å². The molecule has 1 aromatic heterocycles. The minimum atomic E-state index is -0.309. The van der Waals surface area contributed by atoms with E-state index in [-0.39, 0.29) is 5.91 Å². The zero-order valence-electron chi connectivity index (χ0n) is 16.4. The highest BCUT2D eigenvalue weighted by Crippen LogP contribution is 2.30. The van der Waals surface area contributed by atoms with Crippen molar-refractivity contribution in [1.29, 1.82) is 0 Å². The first-order valence-corrected chi connectivity index (χ1v) is 8.84. The van der Waals surface area contributed by atoms with Crippen LogP contribution in [0.25, 0.3) is 0 Å². The Morgan fingerprint density at radius 2 is 1.68 bits per heavy atom. The van der Waals surface area contributed by atoms with E-state index in [9.17, 15) is 4.79 Å². The van der Waals surface area contributed by atoms with E-state index in [1.165, 1.54) is 5.56 Å². The van der Waals surface area contributed by atoms with Crippen LogP contribution in [0.15, 0.2) is 54.7 Å². The van der Waals surface area contributed by atoms with Gasteiger partial charge in [-0.15, -0.1) is 0 Å². The minimum absolute atomic E-state index is 0.309. The van der Waals surface area contributed by atoms with Crippen LogP contribution < -0.4 is 20.1 Å². The zero-order chi connectivity index (χ0) is 20.1. The second-order valence-electron chi connectivity index (χ2n) is 6.40. The lowest BCUT2D eigenvalue weighted by Crippen LogP contribution is -2.14. The van der Waals surface area contributed by atoms with Gasteiger partial charge in [-0.25, -0.2) is 0 Å². The second-order valence-corrected chi connectivity index (χ2v) is 6.40. The number of aromatic nitrogens is 1. The number of carbonyl (C=O) groups excluding carboxylic acids is 1. The zero-order valence-corrected chi connectivity index (χ0v) is 16.4. The first kappa shape index (κ1) is 19.2. The normalized spacial score (nSPS) is 10.3. The van der Waals surface area contributed by atoms with Gasteiger partial charge in [-0.2, -0.15) is 0 Å². The van der Waals surface area contributed by atoms with E-state index in [1.807, 2.05) is 25.1 Å². The third-order valence-corrected chi connectivity index (χ3v) is 4.29. The van der Waals surface area contributed by atoms with Crippen LogP contribution in [-0.2, 0) is 0 Å². The Morgan fingerprint density at radius 1 is 0.893 bits per heavy atom. The third kappa shape index (κ3) is 4.40. The molecule has 2 aromatic carbocycles. The van der Waals surface area contributed by atoms with E-state index >= 15 is 0 Å². The summed E-state index contributed by atoms with van der Waals surface area (Å²) in [6, 6.07) is 14.9. The van der Waals surface area contributed by atoms with Gasteiger partial charge in [0.05, 0.1) is 14.2 Å². The number of pyridine rings is 1. The highest BCUT2D eigenvalue weighted by atomic mass is 16.5. The summed E-state index contributed by atoms with van der Waals surface area (Å²) in [5.74, 6) is 0.827. The van der Waals surface area contributed by atoms with Crippen molar-refractivity contribution in [2.24, 2.45) is 0 Å². The fourth-order valence-electron chi connectivity index (χ4n) is 2.85. The minimum Gasteiger partial charge on any atom is -0.493 e. The van der Waals surface area contributed by atoms with Crippen LogP contribution in [0.2, 0.25) is 0 Å². The number of carbonyl (C=O) groups is 1. The average Bonchev–Trinajstić information content (AvgIpc) is 2.70. The fraction of sp³-hybridized carbons (Fsp3) is 0.182. The molecule has 28 heavy (non-hydrogen) atoms. The molecule has 144 valence electrons. The van der Waals surface area contributed by atoms with Gasteiger partial charge in [0.15, 0.2) is 11.5 Å². The van der Waals surface area contributed by atoms with Gasteiger partial charge in [0.25, 0.3) is 5.91 Å². The molecule has 0 spiro atoms. The van der Waals surface area contributed by atoms with E-state index in [4.69, 9.17) is 9.47 Å². The standard InChI is InChI=1S/C22H23N3O3/c1-14-5-7-18(15(2)11-14)24-17-9-10-23-19(12-17)22(26)25-16-6-8-20(27-3)21(13-16)28-4/h5-13H,1-4H3,(H,23,24)(H,25,26). The van der Waals surface area contributed by atoms with E-state index in [0.717, 1.165) is 16.9 Å². The highest BCUT2D eigenvalue weighted by Gasteiger charge is 2.11. The molecule has 1 amide bonds. The van der Waals surface area contributed by atoms with Gasteiger partial charge in [0, 0.05) is 29.3 Å². The molecule has 0 bridgehead atoms. The number of anilines is 3. The summed E-state index contributed by atoms with van der Waals surface area (Å²) in [5.41, 5.74) is 5.02. The number of rotatable bonds is 6. The summed E-state index contributed by atoms with van der Waals surface area (Å²) in [4.78, 5) is 16.8. The van der Waals surface area contributed by atoms with Crippen molar-refractivity contribution in [2.45, 2.75) is 13.8 Å². The van der Waals surface area contributed by atoms with Crippen LogP contribution in [-0.4, -0.2) is 25.1 Å². The van der Waals surface area contributed by atoms with Gasteiger partial charge in [-0.05, 0) is 49.7 Å². The van der Waals surface area contributed by atoms with Crippen molar-refractivity contribution < 1.29 is 14.3 Å². The second kappa shape index (κ2) is 8.43. The number of aryl methyl sites for hydroxylation is 2. The number of benzene rings is 2. The van der Waals surface area contributed by atoms with Gasteiger partial charge in [-0.3, -0.25) is 9.78 Å². The lowest BCUT2D eigenvalue weighted by molar-refractivity contribution is 0.102. The fourth-order valence-corrected chi connectivity index (χ4v) is 2.85. The quantitative estimate of drug-likeness (QED) is 0.651. The topological polar surface area (TPSA) is 72.5 Å². The maximum absolute atomic E-state index is 12.6. The van der Waals surface area contributed by atoms with E-state index in [1.54, 1.807) is 44.7 Å². The van der Waals surface area contributed by atoms with Crippen molar-refractivity contribution in [3.05, 3.63) is 71.5 Å². The largest absolute Gasteiger partial charge is 0.493 e. The van der Waals surface area contributed by atoms with Crippen molar-refractivity contribution in [2.75, 3.05) is 24.9 Å². The molecule has 3 rings (SSSR count). The number of hydrogen-bond donors (Lipinski definition) is 2. The molecule has 6 nitrogen and oxygen atoms in total. The summed E-state index contributed by atoms with van der Waals surface area (Å²) in [5, 5.41) is 6.16. The summed E-state index contributed by atoms with van der Waals surface area (Å²) < 4.78 is 10.5. The Kier molecular flexibility index (Phi) is 5.79. The number of amides is 1. The maximum atomic E-state index is 12.6. The number of nitrogens with zero attached hydrogens (tertiary/aromatic N) is 1. The molecular weight excluding hydrogens is 354 g/mol. The Labute approximate surface area is 164 Å². The highest BCUT2D eigenvalue weighted by molar-refractivity contribution is 6.03. The van der Waals surface area contributed by atoms with Crippen LogP contribution in [0.1, 0.15) is 21.6 Å². The molecule has 0 saturated heterocycles. The monoisotopic (exact) mass is 377 g/mol. The average molecular weight is 377 g/mol. The van der Waals surface area contributed by atoms with Gasteiger partial charge < -0.3 is 20.1 Å². The van der Waals surface area contributed by atoms with Crippen molar-refractivity contribution in [3.63, 3.8) is 0 Å². The number of ether oxygens (including phenoxy) is 2. The predicted octanol–water partition coefficient (Wildman–Crippen LogP) is 4.71. The lowest BCUT2D eigenvalue weighted by atomic mass is 10.1. The summed E-state index contributed by atoms with van der Waals surface area (Å²) in [6.45, 7) is 4.10. The lowest BCUT2D eigenvalue weighted by Gasteiger charge is -2.12. The molecule has 0 atom stereocenters. The first-order chi connectivity index (χ1) is 13.5. The number of hydrogen-bond acceptors (Lipinski definition) is 5. The Morgan fingerprint density at radius 3 is 2.39 bits per heavy atom. The Bertz CT molecular complexity index is 1000. The number of methoxy groups -OCH3 is 2. The van der Waals surface area contributed by atoms with Crippen molar-refractivity contribution >= 4 is 23.0 Å². The molecule has 0 aliphatic rings. The van der Waals surface area contributed by atoms with Crippen molar-refractivity contribution in [1.82, 2.24) is 4.98 Å². The smallest absolute Gasteiger partial charge is 0.274 e. The molecule has 0 fully saturated rings. The van der Waals surface area contributed by atoms with E-state index in [2.05, 4.69) is 28.6 Å². The van der Waals surface area contributed by atoms with Gasteiger partial charge >= 0.3 is 0 Å². The van der Waals surface area contributed by atoms with Crippen molar-refractivity contribution in [3.8, 4) is 11.5 Å². The molecule has 0 aliphatic heterocycles. The molecule has 2 N–H and O–H groups in total. The van der Waals surface area contributed by atoms with Crippen LogP contribution >= 0.6 is 0 Å². The summed E-state index contributed by atoms with van der Waals surface area (Å²) >= 11 is 0. The van der Waals surface area contributed by atoms with Crippen LogP contribution in [0.5, 0.6) is 11.5 Å². The molecular formula is C22H23N3O3. The molecule has 0 saturated carbocycles. The maximum Gasteiger partial charge on any atom is 0.274 e. The van der Waals surface area contributed by atoms with Gasteiger partial charge in [-0.1, -0.05) is 17.7 Å². The Balaban J connectivity index is 1.77. The van der Waals surface area contributed by atoms with Crippen LogP contribution in [0, 0.1) is 13.8 Å². The molecule has 3 aromatic rings. The SMILES string of the molecule is COc1ccc(NC(=O)c2cc(Nc3ccc(C)cc3C)ccn2)cc1OC. The summed E-state index contributed by atoms with van der Waals surface area (Å²) in [7, 11) is 3.11. The molecule has 0 aliphatic carbocycles. The van der Waals surface area contributed by atoms with Crippen LogP contribution in [0.3, 0.4) is 0 Å². The third-order valence-electron chi connectivity index (χ3n) is 4.29. The van der Waals surface area contributed by atoms with E-state index in [0.29, 0.717) is 22.9 Å². The molecule has 0 radical (unpaired) electrons. The molecule has 6 heteroatoms. The predicted molar refractivity (Wildman–Crippen MR) is 111 cm³/mol.